The van der Waals surface area contributed by atoms with E-state index in [0.29, 0.717) is 5.57 Å². The van der Waals surface area contributed by atoms with Gasteiger partial charge in [0.25, 0.3) is 0 Å². The van der Waals surface area contributed by atoms with Crippen molar-refractivity contribution in [2.45, 2.75) is 6.92 Å². The summed E-state index contributed by atoms with van der Waals surface area (Å²) in [7, 11) is 0. The summed E-state index contributed by atoms with van der Waals surface area (Å²) in [5.74, 6) is 3.91. The lowest BCUT2D eigenvalue weighted by molar-refractivity contribution is -0.111. The SMILES string of the molecule is C=C(F)/C=C\C(=C)C#CC(C)=O. The highest BCUT2D eigenvalue weighted by atomic mass is 19.1. The molecule has 0 saturated carbocycles. The number of hydrogen-bond donors (Lipinski definition) is 0. The average Bonchev–Trinajstić information content (AvgIpc) is 1.96. The highest BCUT2D eigenvalue weighted by Crippen LogP contribution is 1.97. The van der Waals surface area contributed by atoms with Crippen molar-refractivity contribution in [2.24, 2.45) is 0 Å². The fourth-order valence-corrected chi connectivity index (χ4v) is 0.401. The second-order valence-electron chi connectivity index (χ2n) is 2.11. The second-order valence-corrected chi connectivity index (χ2v) is 2.11. The number of hydrogen-bond acceptors (Lipinski definition) is 1. The van der Waals surface area contributed by atoms with Crippen molar-refractivity contribution in [3.05, 3.63) is 36.7 Å². The summed E-state index contributed by atoms with van der Waals surface area (Å²) in [6, 6.07) is 0. The Morgan fingerprint density at radius 2 is 1.92 bits per heavy atom. The first-order valence-corrected chi connectivity index (χ1v) is 3.26. The molecule has 0 aliphatic carbocycles. The summed E-state index contributed by atoms with van der Waals surface area (Å²) in [6.07, 6.45) is 2.50. The van der Waals surface area contributed by atoms with Gasteiger partial charge in [-0.1, -0.05) is 19.1 Å². The Hall–Kier alpha value is -1.62. The fourth-order valence-electron chi connectivity index (χ4n) is 0.401. The van der Waals surface area contributed by atoms with Crippen LogP contribution in [0.4, 0.5) is 4.39 Å². The molecule has 0 rings (SSSR count). The van der Waals surface area contributed by atoms with E-state index in [2.05, 4.69) is 25.0 Å². The largest absolute Gasteiger partial charge is 0.285 e. The molecule has 0 atom stereocenters. The molecule has 0 amide bonds. The van der Waals surface area contributed by atoms with Crippen molar-refractivity contribution in [2.75, 3.05) is 0 Å². The Kier molecular flexibility index (Phi) is 4.40. The van der Waals surface area contributed by atoms with Crippen molar-refractivity contribution in [1.29, 1.82) is 0 Å². The third-order valence-electron chi connectivity index (χ3n) is 0.864. The summed E-state index contributed by atoms with van der Waals surface area (Å²) in [5.41, 5.74) is 0.379. The summed E-state index contributed by atoms with van der Waals surface area (Å²) >= 11 is 0. The van der Waals surface area contributed by atoms with Crippen LogP contribution in [0.25, 0.3) is 0 Å². The van der Waals surface area contributed by atoms with Gasteiger partial charge >= 0.3 is 0 Å². The van der Waals surface area contributed by atoms with Gasteiger partial charge in [-0.25, -0.2) is 4.39 Å². The fraction of sp³-hybridized carbons (Fsp3) is 0.100. The van der Waals surface area contributed by atoms with Crippen LogP contribution < -0.4 is 0 Å². The zero-order chi connectivity index (χ0) is 9.56. The topological polar surface area (TPSA) is 17.1 Å². The van der Waals surface area contributed by atoms with Crippen molar-refractivity contribution in [3.63, 3.8) is 0 Å². The van der Waals surface area contributed by atoms with Gasteiger partial charge < -0.3 is 0 Å². The Labute approximate surface area is 71.3 Å². The van der Waals surface area contributed by atoms with Crippen LogP contribution >= 0.6 is 0 Å². The van der Waals surface area contributed by atoms with Crippen molar-refractivity contribution >= 4 is 5.78 Å². The number of carbonyl (C=O) groups is 1. The van der Waals surface area contributed by atoms with Crippen LogP contribution in [-0.4, -0.2) is 5.78 Å². The molecule has 0 aliphatic rings. The van der Waals surface area contributed by atoms with Crippen molar-refractivity contribution in [3.8, 4) is 11.8 Å². The van der Waals surface area contributed by atoms with Crippen LogP contribution in [0.1, 0.15) is 6.92 Å². The van der Waals surface area contributed by atoms with E-state index >= 15 is 0 Å². The summed E-state index contributed by atoms with van der Waals surface area (Å²) < 4.78 is 12.0. The quantitative estimate of drug-likeness (QED) is 0.347. The molecule has 0 spiro atoms. The maximum absolute atomic E-state index is 12.0. The molecule has 0 aromatic carbocycles. The van der Waals surface area contributed by atoms with Crippen molar-refractivity contribution < 1.29 is 9.18 Å². The number of halogens is 1. The Balaban J connectivity index is 4.19. The van der Waals surface area contributed by atoms with E-state index < -0.39 is 5.83 Å². The van der Waals surface area contributed by atoms with Gasteiger partial charge in [-0.3, -0.25) is 4.79 Å². The lowest BCUT2D eigenvalue weighted by Crippen LogP contribution is -1.80. The molecule has 12 heavy (non-hydrogen) atoms. The maximum atomic E-state index is 12.0. The molecular weight excluding hydrogens is 155 g/mol. The molecule has 0 unspecified atom stereocenters. The molecule has 62 valence electrons. The zero-order valence-electron chi connectivity index (χ0n) is 6.86. The third-order valence-corrected chi connectivity index (χ3v) is 0.864. The monoisotopic (exact) mass is 164 g/mol. The highest BCUT2D eigenvalue weighted by molar-refractivity contribution is 5.93. The predicted octanol–water partition coefficient (Wildman–Crippen LogP) is 2.17. The molecule has 0 fully saturated rings. The standard InChI is InChI=1S/C10H9FO/c1-8(4-6-9(2)11)5-7-10(3)12/h4,6H,1-2H2,3H3/b6-4-. The van der Waals surface area contributed by atoms with Crippen LogP contribution in [0.3, 0.4) is 0 Å². The van der Waals surface area contributed by atoms with Gasteiger partial charge in [-0.05, 0) is 18.1 Å². The van der Waals surface area contributed by atoms with E-state index in [-0.39, 0.29) is 5.78 Å². The van der Waals surface area contributed by atoms with E-state index in [0.717, 1.165) is 6.08 Å². The van der Waals surface area contributed by atoms with Gasteiger partial charge in [0, 0.05) is 12.5 Å². The summed E-state index contributed by atoms with van der Waals surface area (Å²) in [6.45, 7) is 7.84. The number of allylic oxidation sites excluding steroid dienone is 4. The van der Waals surface area contributed by atoms with E-state index in [4.69, 9.17) is 0 Å². The van der Waals surface area contributed by atoms with Gasteiger partial charge in [-0.2, -0.15) is 0 Å². The van der Waals surface area contributed by atoms with Gasteiger partial charge in [-0.15, -0.1) is 0 Å². The minimum Gasteiger partial charge on any atom is -0.285 e. The first-order chi connectivity index (χ1) is 5.52. The van der Waals surface area contributed by atoms with Gasteiger partial charge in [0.2, 0.25) is 5.78 Å². The zero-order valence-corrected chi connectivity index (χ0v) is 6.86. The molecule has 0 N–H and O–H groups in total. The third kappa shape index (κ3) is 6.50. The Bertz CT molecular complexity index is 300. The Morgan fingerprint density at radius 3 is 2.33 bits per heavy atom. The molecule has 0 aromatic heterocycles. The van der Waals surface area contributed by atoms with Gasteiger partial charge in [0.1, 0.15) is 5.83 Å². The molecule has 0 heterocycles. The van der Waals surface area contributed by atoms with Crippen molar-refractivity contribution in [1.82, 2.24) is 0 Å². The minimum atomic E-state index is -0.569. The highest BCUT2D eigenvalue weighted by Gasteiger charge is 1.83. The molecule has 0 aromatic rings. The van der Waals surface area contributed by atoms with E-state index in [1.54, 1.807) is 0 Å². The predicted molar refractivity (Wildman–Crippen MR) is 47.0 cm³/mol. The van der Waals surface area contributed by atoms with Crippen LogP contribution in [0.5, 0.6) is 0 Å². The lowest BCUT2D eigenvalue weighted by atomic mass is 10.2. The van der Waals surface area contributed by atoms with E-state index in [1.165, 1.54) is 13.0 Å². The number of ketones is 1. The van der Waals surface area contributed by atoms with Crippen LogP contribution in [0.15, 0.2) is 36.7 Å². The summed E-state index contributed by atoms with van der Waals surface area (Å²) in [5, 5.41) is 0. The minimum absolute atomic E-state index is 0.247. The second kappa shape index (κ2) is 5.09. The molecular formula is C10H9FO. The molecule has 0 aliphatic heterocycles. The normalized spacial score (nSPS) is 8.83. The first kappa shape index (κ1) is 10.4. The number of carbonyl (C=O) groups excluding carboxylic acids is 1. The molecule has 1 nitrogen and oxygen atoms in total. The summed E-state index contributed by atoms with van der Waals surface area (Å²) in [4.78, 5) is 10.4. The van der Waals surface area contributed by atoms with Gasteiger partial charge in [0.05, 0.1) is 0 Å². The number of rotatable bonds is 2. The van der Waals surface area contributed by atoms with Crippen LogP contribution in [0.2, 0.25) is 0 Å². The molecule has 0 saturated heterocycles. The van der Waals surface area contributed by atoms with E-state index in [1.807, 2.05) is 0 Å². The molecule has 2 heteroatoms. The van der Waals surface area contributed by atoms with E-state index in [9.17, 15) is 9.18 Å². The number of Topliss-reactive ketones (excluding diaryl/α,β-unsaturated/α-hetero) is 1. The first-order valence-electron chi connectivity index (χ1n) is 3.26. The molecule has 0 radical (unpaired) electrons. The smallest absolute Gasteiger partial charge is 0.202 e. The van der Waals surface area contributed by atoms with Crippen LogP contribution in [-0.2, 0) is 4.79 Å². The maximum Gasteiger partial charge on any atom is 0.202 e. The average molecular weight is 164 g/mol. The van der Waals surface area contributed by atoms with Gasteiger partial charge in [0.15, 0.2) is 0 Å². The van der Waals surface area contributed by atoms with Crippen LogP contribution in [0, 0.1) is 11.8 Å². The molecule has 0 bridgehead atoms. The Morgan fingerprint density at radius 1 is 1.33 bits per heavy atom. The lowest BCUT2D eigenvalue weighted by Gasteiger charge is -1.82.